The first-order valence-electron chi connectivity index (χ1n) is 6.71. The van der Waals surface area contributed by atoms with Crippen molar-refractivity contribution in [3.8, 4) is 0 Å². The van der Waals surface area contributed by atoms with Crippen LogP contribution in [0.4, 0.5) is 0 Å². The van der Waals surface area contributed by atoms with Gasteiger partial charge in [-0.1, -0.05) is 13.0 Å². The molecule has 1 aromatic heterocycles. The van der Waals surface area contributed by atoms with E-state index in [0.717, 1.165) is 6.42 Å². The zero-order valence-electron chi connectivity index (χ0n) is 11.4. The maximum absolute atomic E-state index is 12.4. The van der Waals surface area contributed by atoms with Crippen LogP contribution in [0.5, 0.6) is 0 Å². The van der Waals surface area contributed by atoms with Crippen LogP contribution in [-0.2, 0) is 20.7 Å². The summed E-state index contributed by atoms with van der Waals surface area (Å²) in [6, 6.07) is 4.01. The second-order valence-corrected chi connectivity index (χ2v) is 6.09. The van der Waals surface area contributed by atoms with Crippen LogP contribution in [0.1, 0.15) is 18.2 Å². The molecule has 2 rings (SSSR count). The molecule has 1 amide bonds. The van der Waals surface area contributed by atoms with Crippen LogP contribution in [0.3, 0.4) is 0 Å². The van der Waals surface area contributed by atoms with Gasteiger partial charge in [0.15, 0.2) is 0 Å². The van der Waals surface area contributed by atoms with Crippen LogP contribution in [0.15, 0.2) is 17.5 Å². The predicted molar refractivity (Wildman–Crippen MR) is 75.8 cm³/mol. The van der Waals surface area contributed by atoms with Crippen LogP contribution >= 0.6 is 11.3 Å². The molecule has 0 aromatic carbocycles. The van der Waals surface area contributed by atoms with Gasteiger partial charge in [-0.2, -0.15) is 0 Å². The first-order valence-corrected chi connectivity index (χ1v) is 7.58. The van der Waals surface area contributed by atoms with E-state index in [1.165, 1.54) is 4.88 Å². The smallest absolute Gasteiger partial charge is 0.306 e. The molecule has 0 unspecified atom stereocenters. The molecule has 2 atom stereocenters. The van der Waals surface area contributed by atoms with Gasteiger partial charge in [0.25, 0.3) is 0 Å². The Balaban J connectivity index is 1.89. The molecule has 0 bridgehead atoms. The number of carboxylic acids is 1. The fourth-order valence-electron chi connectivity index (χ4n) is 2.37. The van der Waals surface area contributed by atoms with E-state index in [4.69, 9.17) is 9.84 Å². The normalized spacial score (nSPS) is 20.6. The van der Waals surface area contributed by atoms with Crippen LogP contribution in [0.25, 0.3) is 0 Å². The zero-order valence-corrected chi connectivity index (χ0v) is 12.3. The van der Waals surface area contributed by atoms with Crippen LogP contribution in [-0.4, -0.2) is 47.7 Å². The number of amides is 1. The first-order chi connectivity index (χ1) is 9.56. The molecule has 5 nitrogen and oxygen atoms in total. The lowest BCUT2D eigenvalue weighted by Gasteiger charge is -2.33. The molecule has 0 spiro atoms. The quantitative estimate of drug-likeness (QED) is 0.897. The lowest BCUT2D eigenvalue weighted by molar-refractivity contribution is -0.149. The second kappa shape index (κ2) is 6.85. The van der Waals surface area contributed by atoms with Gasteiger partial charge in [-0.15, -0.1) is 11.3 Å². The molecule has 110 valence electrons. The van der Waals surface area contributed by atoms with E-state index < -0.39 is 5.97 Å². The van der Waals surface area contributed by atoms with E-state index in [-0.39, 0.29) is 24.3 Å². The Hall–Kier alpha value is -1.40. The van der Waals surface area contributed by atoms with Gasteiger partial charge in [0.2, 0.25) is 5.91 Å². The summed E-state index contributed by atoms with van der Waals surface area (Å²) in [5.74, 6) is -0.898. The molecule has 1 fully saturated rings. The summed E-state index contributed by atoms with van der Waals surface area (Å²) >= 11 is 1.65. The fraction of sp³-hybridized carbons (Fsp3) is 0.571. The van der Waals surface area contributed by atoms with Crippen molar-refractivity contribution in [2.45, 2.75) is 25.9 Å². The van der Waals surface area contributed by atoms with Gasteiger partial charge in [-0.25, -0.2) is 0 Å². The summed E-state index contributed by atoms with van der Waals surface area (Å²) in [4.78, 5) is 26.0. The number of thiophene rings is 1. The molecule has 0 radical (unpaired) electrons. The van der Waals surface area contributed by atoms with Gasteiger partial charge in [0.1, 0.15) is 0 Å². The number of nitrogens with zero attached hydrogens (tertiary/aromatic N) is 1. The van der Waals surface area contributed by atoms with Gasteiger partial charge >= 0.3 is 5.97 Å². The van der Waals surface area contributed by atoms with Crippen LogP contribution in [0, 0.1) is 5.92 Å². The lowest BCUT2D eigenvalue weighted by atomic mass is 10.0. The van der Waals surface area contributed by atoms with Gasteiger partial charge in [0, 0.05) is 23.9 Å². The van der Waals surface area contributed by atoms with Gasteiger partial charge < -0.3 is 14.7 Å². The first kappa shape index (κ1) is 15.0. The standard InChI is InChI=1S/C14H19NO4S/c1-10(7-12-3-2-6-20-12)14(18)15-4-5-19-11(9-15)8-13(16)17/h2-3,6,10-11H,4-5,7-9H2,1H3,(H,16,17)/t10-,11+/m0/s1. The number of aliphatic carboxylic acids is 1. The molecule has 20 heavy (non-hydrogen) atoms. The van der Waals surface area contributed by atoms with Crippen molar-refractivity contribution in [2.24, 2.45) is 5.92 Å². The second-order valence-electron chi connectivity index (χ2n) is 5.06. The highest BCUT2D eigenvalue weighted by Crippen LogP contribution is 2.18. The third-order valence-electron chi connectivity index (χ3n) is 3.36. The minimum atomic E-state index is -0.893. The Labute approximate surface area is 122 Å². The largest absolute Gasteiger partial charge is 0.481 e. The summed E-state index contributed by atoms with van der Waals surface area (Å²) in [5, 5.41) is 10.8. The van der Waals surface area contributed by atoms with Gasteiger partial charge in [-0.3, -0.25) is 9.59 Å². The van der Waals surface area contributed by atoms with Crippen molar-refractivity contribution in [3.05, 3.63) is 22.4 Å². The molecule has 1 N–H and O–H groups in total. The molecular formula is C14H19NO4S. The van der Waals surface area contributed by atoms with Crippen molar-refractivity contribution < 1.29 is 19.4 Å². The van der Waals surface area contributed by atoms with E-state index in [9.17, 15) is 9.59 Å². The van der Waals surface area contributed by atoms with Crippen molar-refractivity contribution >= 4 is 23.2 Å². The third kappa shape index (κ3) is 4.05. The van der Waals surface area contributed by atoms with E-state index >= 15 is 0 Å². The number of rotatable bonds is 5. The monoisotopic (exact) mass is 297 g/mol. The highest BCUT2D eigenvalue weighted by molar-refractivity contribution is 7.09. The van der Waals surface area contributed by atoms with E-state index in [1.54, 1.807) is 16.2 Å². The zero-order chi connectivity index (χ0) is 14.5. The summed E-state index contributed by atoms with van der Waals surface area (Å²) in [6.07, 6.45) is 0.291. The Morgan fingerprint density at radius 3 is 3.05 bits per heavy atom. The summed E-state index contributed by atoms with van der Waals surface area (Å²) in [7, 11) is 0. The topological polar surface area (TPSA) is 66.8 Å². The molecule has 1 aromatic rings. The van der Waals surface area contributed by atoms with Crippen molar-refractivity contribution in [2.75, 3.05) is 19.7 Å². The number of hydrogen-bond donors (Lipinski definition) is 1. The average molecular weight is 297 g/mol. The SMILES string of the molecule is C[C@@H](Cc1cccs1)C(=O)N1CCO[C@H](CC(=O)O)C1. The summed E-state index contributed by atoms with van der Waals surface area (Å²) in [5.41, 5.74) is 0. The van der Waals surface area contributed by atoms with Gasteiger partial charge in [-0.05, 0) is 17.9 Å². The van der Waals surface area contributed by atoms with E-state index in [1.807, 2.05) is 24.4 Å². The summed E-state index contributed by atoms with van der Waals surface area (Å²) in [6.45, 7) is 3.25. The molecule has 1 aliphatic rings. The average Bonchev–Trinajstić information content (AvgIpc) is 2.90. The van der Waals surface area contributed by atoms with E-state index in [2.05, 4.69) is 0 Å². The molecule has 1 saturated heterocycles. The number of carboxylic acid groups (broad SMARTS) is 1. The molecule has 0 aliphatic carbocycles. The highest BCUT2D eigenvalue weighted by Gasteiger charge is 2.28. The predicted octanol–water partition coefficient (Wildman–Crippen LogP) is 1.63. The Morgan fingerprint density at radius 1 is 1.60 bits per heavy atom. The summed E-state index contributed by atoms with van der Waals surface area (Å²) < 4.78 is 5.38. The minimum absolute atomic E-state index is 0.0525. The molecular weight excluding hydrogens is 278 g/mol. The highest BCUT2D eigenvalue weighted by atomic mass is 32.1. The van der Waals surface area contributed by atoms with Crippen LogP contribution < -0.4 is 0 Å². The Kier molecular flexibility index (Phi) is 5.14. The number of hydrogen-bond acceptors (Lipinski definition) is 4. The number of carbonyl (C=O) groups excluding carboxylic acids is 1. The van der Waals surface area contributed by atoms with Crippen molar-refractivity contribution in [3.63, 3.8) is 0 Å². The van der Waals surface area contributed by atoms with Gasteiger partial charge in [0.05, 0.1) is 19.1 Å². The molecule has 1 aliphatic heterocycles. The van der Waals surface area contributed by atoms with Crippen LogP contribution in [0.2, 0.25) is 0 Å². The lowest BCUT2D eigenvalue weighted by Crippen LogP contribution is -2.48. The Morgan fingerprint density at radius 2 is 2.40 bits per heavy atom. The molecule has 6 heteroatoms. The van der Waals surface area contributed by atoms with E-state index in [0.29, 0.717) is 19.7 Å². The molecule has 0 saturated carbocycles. The number of morpholine rings is 1. The van der Waals surface area contributed by atoms with Crippen molar-refractivity contribution in [1.82, 2.24) is 4.90 Å². The Bertz CT molecular complexity index is 460. The fourth-order valence-corrected chi connectivity index (χ4v) is 3.20. The maximum Gasteiger partial charge on any atom is 0.306 e. The maximum atomic E-state index is 12.4. The number of carbonyl (C=O) groups is 2. The van der Waals surface area contributed by atoms with Crippen molar-refractivity contribution in [1.29, 1.82) is 0 Å². The number of ether oxygens (including phenoxy) is 1. The minimum Gasteiger partial charge on any atom is -0.481 e. The molecule has 2 heterocycles. The third-order valence-corrected chi connectivity index (χ3v) is 4.26.